The van der Waals surface area contributed by atoms with Crippen LogP contribution in [0.4, 0.5) is 35.1 Å². The molecule has 0 aliphatic carbocycles. The second kappa shape index (κ2) is 4.26. The van der Waals surface area contributed by atoms with E-state index in [1.807, 2.05) is 0 Å². The highest BCUT2D eigenvalue weighted by Crippen LogP contribution is 2.37. The van der Waals surface area contributed by atoms with Gasteiger partial charge in [0.05, 0.1) is 0 Å². The number of alkyl halides is 8. The molecule has 0 heterocycles. The van der Waals surface area contributed by atoms with Crippen molar-refractivity contribution in [1.82, 2.24) is 0 Å². The zero-order valence-electron chi connectivity index (χ0n) is 6.76. The molecule has 11 heteroatoms. The van der Waals surface area contributed by atoms with Gasteiger partial charge in [-0.2, -0.15) is 40.1 Å². The first kappa shape index (κ1) is 15.3. The van der Waals surface area contributed by atoms with Crippen LogP contribution in [0.2, 0.25) is 0 Å². The highest BCUT2D eigenvalue weighted by atomic mass is 79.9. The number of carbonyl (C=O) groups excluding carboxylic acids is 1. The Balaban J connectivity index is 5.13. The fourth-order valence-corrected chi connectivity index (χ4v) is 0.433. The minimum absolute atomic E-state index is 1.27. The van der Waals surface area contributed by atoms with Crippen molar-refractivity contribution in [3.05, 3.63) is 0 Å². The predicted octanol–water partition coefficient (Wildman–Crippen LogP) is 3.07. The monoisotopic (exact) mass is 321 g/mol. The summed E-state index contributed by atoms with van der Waals surface area (Å²) in [6, 6.07) is 0. The highest BCUT2D eigenvalue weighted by Gasteiger charge is 2.64. The first-order valence-electron chi connectivity index (χ1n) is 3.10. The van der Waals surface area contributed by atoms with E-state index in [-0.39, 0.29) is 0 Å². The van der Waals surface area contributed by atoms with Gasteiger partial charge in [0.2, 0.25) is 0 Å². The molecule has 0 N–H and O–H groups in total. The average molecular weight is 322 g/mol. The van der Waals surface area contributed by atoms with E-state index in [0.29, 0.717) is 0 Å². The van der Waals surface area contributed by atoms with E-state index < -0.39 is 28.8 Å². The lowest BCUT2D eigenvalue weighted by molar-refractivity contribution is -0.268. The number of rotatable bonds is 2. The molecule has 0 unspecified atom stereocenters. The Morgan fingerprint density at radius 3 is 1.62 bits per heavy atom. The summed E-state index contributed by atoms with van der Waals surface area (Å²) in [5.74, 6) is -12.4. The summed E-state index contributed by atoms with van der Waals surface area (Å²) in [4.78, 5) is 6.85. The van der Waals surface area contributed by atoms with E-state index in [4.69, 9.17) is 0 Å². The van der Waals surface area contributed by atoms with Crippen molar-refractivity contribution in [1.29, 1.82) is 0 Å². The second-order valence-electron chi connectivity index (χ2n) is 2.28. The molecular formula is C5BrF8NO. The molecule has 0 aromatic carbocycles. The van der Waals surface area contributed by atoms with Crippen molar-refractivity contribution in [2.24, 2.45) is 4.99 Å². The van der Waals surface area contributed by atoms with Crippen LogP contribution >= 0.6 is 15.9 Å². The molecular weight excluding hydrogens is 322 g/mol. The number of aliphatic imine (C=N–C) groups is 1. The lowest BCUT2D eigenvalue weighted by Gasteiger charge is -2.15. The summed E-state index contributed by atoms with van der Waals surface area (Å²) < 4.78 is 94.4. The quantitative estimate of drug-likeness (QED) is 0.436. The number of amides is 1. The van der Waals surface area contributed by atoms with Gasteiger partial charge < -0.3 is 0 Å². The molecule has 1 amide bonds. The Hall–Kier alpha value is -0.740. The van der Waals surface area contributed by atoms with Gasteiger partial charge in [-0.25, -0.2) is 0 Å². The highest BCUT2D eigenvalue weighted by molar-refractivity contribution is 9.10. The van der Waals surface area contributed by atoms with Crippen LogP contribution in [0.5, 0.6) is 0 Å². The van der Waals surface area contributed by atoms with Crippen molar-refractivity contribution in [2.45, 2.75) is 16.9 Å². The fraction of sp³-hybridized carbons (Fsp3) is 0.600. The van der Waals surface area contributed by atoms with Gasteiger partial charge in [-0.1, -0.05) is 0 Å². The predicted molar refractivity (Wildman–Crippen MR) is 38.4 cm³/mol. The van der Waals surface area contributed by atoms with Crippen LogP contribution in [0.15, 0.2) is 4.99 Å². The molecule has 0 spiro atoms. The first-order chi connectivity index (χ1) is 6.80. The summed E-state index contributed by atoms with van der Waals surface area (Å²) in [5, 5.41) is 0. The zero-order valence-corrected chi connectivity index (χ0v) is 8.34. The number of hydrogen-bond donors (Lipinski definition) is 0. The Morgan fingerprint density at radius 2 is 1.38 bits per heavy atom. The minimum Gasteiger partial charge on any atom is -0.265 e. The van der Waals surface area contributed by atoms with Crippen molar-refractivity contribution in [2.75, 3.05) is 0 Å². The van der Waals surface area contributed by atoms with E-state index in [0.717, 1.165) is 0 Å². The molecule has 0 radical (unpaired) electrons. The maximum Gasteiger partial charge on any atom is 0.463 e. The first-order valence-corrected chi connectivity index (χ1v) is 3.90. The molecule has 94 valence electrons. The van der Waals surface area contributed by atoms with Crippen LogP contribution in [0, 0.1) is 0 Å². The molecule has 16 heavy (non-hydrogen) atoms. The lowest BCUT2D eigenvalue weighted by atomic mass is 10.3. The lowest BCUT2D eigenvalue weighted by Crippen LogP contribution is -2.43. The average Bonchev–Trinajstić information content (AvgIpc) is 1.99. The zero-order chi connectivity index (χ0) is 13.4. The fourth-order valence-electron chi connectivity index (χ4n) is 0.344. The number of hydrogen-bond acceptors (Lipinski definition) is 1. The molecule has 0 saturated heterocycles. The van der Waals surface area contributed by atoms with Crippen LogP contribution in [0.3, 0.4) is 0 Å². The summed E-state index contributed by atoms with van der Waals surface area (Å²) in [6.45, 7) is 0. The van der Waals surface area contributed by atoms with Crippen molar-refractivity contribution in [3.63, 3.8) is 0 Å². The molecule has 0 saturated carbocycles. The summed E-state index contributed by atoms with van der Waals surface area (Å²) >= 11 is 1.27. The number of halogens is 9. The van der Waals surface area contributed by atoms with E-state index in [1.165, 1.54) is 20.9 Å². The van der Waals surface area contributed by atoms with Gasteiger partial charge in [0.1, 0.15) is 0 Å². The van der Waals surface area contributed by atoms with Crippen LogP contribution in [0.25, 0.3) is 0 Å². The Labute approximate surface area is 90.4 Å². The Bertz CT molecular complexity index is 315. The maximum absolute atomic E-state index is 12.1. The second-order valence-corrected chi connectivity index (χ2v) is 3.27. The summed E-state index contributed by atoms with van der Waals surface area (Å²) in [6.07, 6.45) is -6.34. The topological polar surface area (TPSA) is 29.4 Å². The SMILES string of the molecule is O=C(N=C(F)C(F)(F)Br)C(F)(F)C(F)(F)F. The summed E-state index contributed by atoms with van der Waals surface area (Å²) in [5.41, 5.74) is 0. The molecule has 0 rings (SSSR count). The normalized spacial score (nSPS) is 15.2. The molecule has 0 aromatic heterocycles. The Kier molecular flexibility index (Phi) is 4.06. The smallest absolute Gasteiger partial charge is 0.265 e. The van der Waals surface area contributed by atoms with Gasteiger partial charge in [0, 0.05) is 15.9 Å². The molecule has 2 nitrogen and oxygen atoms in total. The van der Waals surface area contributed by atoms with Crippen LogP contribution in [0.1, 0.15) is 0 Å². The van der Waals surface area contributed by atoms with E-state index >= 15 is 0 Å². The van der Waals surface area contributed by atoms with E-state index in [1.54, 1.807) is 0 Å². The van der Waals surface area contributed by atoms with Crippen LogP contribution in [-0.2, 0) is 4.79 Å². The third kappa shape index (κ3) is 3.39. The van der Waals surface area contributed by atoms with Gasteiger partial charge in [0.25, 0.3) is 5.97 Å². The Morgan fingerprint density at radius 1 is 1.00 bits per heavy atom. The molecule has 0 atom stereocenters. The molecule has 0 aliphatic rings. The van der Waals surface area contributed by atoms with Crippen molar-refractivity contribution < 1.29 is 39.9 Å². The van der Waals surface area contributed by atoms with Gasteiger partial charge in [-0.15, -0.1) is 0 Å². The largest absolute Gasteiger partial charge is 0.463 e. The number of nitrogens with zero attached hydrogens (tertiary/aromatic N) is 1. The summed E-state index contributed by atoms with van der Waals surface area (Å²) in [7, 11) is 0. The third-order valence-electron chi connectivity index (χ3n) is 1.06. The van der Waals surface area contributed by atoms with Gasteiger partial charge in [0.15, 0.2) is 0 Å². The standard InChI is InChI=1S/C5BrF8NO/c6-4(10,11)1(7)15-2(16)3(8,9)5(12,13)14. The molecule has 0 aromatic rings. The van der Waals surface area contributed by atoms with Gasteiger partial charge in [-0.05, 0) is 0 Å². The molecule has 0 bridgehead atoms. The number of carbonyl (C=O) groups is 1. The molecule has 0 fully saturated rings. The van der Waals surface area contributed by atoms with Gasteiger partial charge >= 0.3 is 22.8 Å². The van der Waals surface area contributed by atoms with Crippen LogP contribution in [-0.4, -0.2) is 28.8 Å². The third-order valence-corrected chi connectivity index (χ3v) is 1.39. The molecule has 0 aliphatic heterocycles. The van der Waals surface area contributed by atoms with Crippen molar-refractivity contribution >= 4 is 27.8 Å². The van der Waals surface area contributed by atoms with Gasteiger partial charge in [-0.3, -0.25) is 4.79 Å². The van der Waals surface area contributed by atoms with E-state index in [9.17, 15) is 39.9 Å². The minimum atomic E-state index is -6.34. The van der Waals surface area contributed by atoms with Crippen LogP contribution < -0.4 is 0 Å². The van der Waals surface area contributed by atoms with Crippen molar-refractivity contribution in [3.8, 4) is 0 Å². The van der Waals surface area contributed by atoms with E-state index in [2.05, 4.69) is 0 Å². The maximum atomic E-state index is 12.1.